The molecule has 0 aliphatic carbocycles. The van der Waals surface area contributed by atoms with Crippen LogP contribution in [0.3, 0.4) is 0 Å². The molecule has 4 rings (SSSR count). The Labute approximate surface area is 198 Å². The Balaban J connectivity index is 1.89. The van der Waals surface area contributed by atoms with Crippen LogP contribution in [0.4, 0.5) is 14.5 Å². The van der Waals surface area contributed by atoms with Crippen LogP contribution in [0.2, 0.25) is 5.02 Å². The lowest BCUT2D eigenvalue weighted by Gasteiger charge is -2.20. The number of aromatic carboxylic acids is 1. The molecule has 2 N–H and O–H groups in total. The first-order chi connectivity index (χ1) is 16.1. The van der Waals surface area contributed by atoms with Crippen molar-refractivity contribution in [3.8, 4) is 11.3 Å². The Morgan fingerprint density at radius 1 is 1.06 bits per heavy atom. The zero-order chi connectivity index (χ0) is 24.7. The molecule has 0 bridgehead atoms. The normalized spacial score (nSPS) is 12.1. The van der Waals surface area contributed by atoms with Gasteiger partial charge in [0.05, 0.1) is 17.0 Å². The Morgan fingerprint density at radius 2 is 1.79 bits per heavy atom. The molecule has 0 unspecified atom stereocenters. The van der Waals surface area contributed by atoms with Crippen LogP contribution in [0, 0.1) is 25.5 Å². The lowest BCUT2D eigenvalue weighted by Crippen LogP contribution is -2.14. The van der Waals surface area contributed by atoms with E-state index in [1.54, 1.807) is 32.0 Å². The van der Waals surface area contributed by atoms with Crippen molar-refractivity contribution in [3.63, 3.8) is 0 Å². The van der Waals surface area contributed by atoms with Crippen LogP contribution in [0.1, 0.15) is 40.0 Å². The fraction of sp³-hybridized carbons (Fsp3) is 0.154. The molecule has 3 aromatic carbocycles. The van der Waals surface area contributed by atoms with E-state index in [-0.39, 0.29) is 38.5 Å². The lowest BCUT2D eigenvalue weighted by molar-refractivity contribution is 0.0698. The van der Waals surface area contributed by atoms with E-state index >= 15 is 0 Å². The summed E-state index contributed by atoms with van der Waals surface area (Å²) in [6.45, 7) is 5.20. The second-order valence-electron chi connectivity index (χ2n) is 8.11. The first kappa shape index (κ1) is 23.4. The number of hydrogen-bond donors (Lipinski definition) is 2. The largest absolute Gasteiger partial charge is 0.478 e. The highest BCUT2D eigenvalue weighted by atomic mass is 35.5. The first-order valence-corrected chi connectivity index (χ1v) is 10.8. The molecule has 0 aliphatic heterocycles. The minimum absolute atomic E-state index is 0.00363. The van der Waals surface area contributed by atoms with Gasteiger partial charge in [-0.25, -0.2) is 13.6 Å². The average Bonchev–Trinajstić information content (AvgIpc) is 2.79. The molecule has 4 aromatic rings. The van der Waals surface area contributed by atoms with Crippen LogP contribution in [0.5, 0.6) is 0 Å². The second kappa shape index (κ2) is 8.91. The summed E-state index contributed by atoms with van der Waals surface area (Å²) in [7, 11) is 0. The van der Waals surface area contributed by atoms with E-state index in [0.29, 0.717) is 16.6 Å². The van der Waals surface area contributed by atoms with E-state index in [0.717, 1.165) is 17.7 Å². The number of carboxylic acid groups (broad SMARTS) is 1. The molecule has 5 nitrogen and oxygen atoms in total. The van der Waals surface area contributed by atoms with Crippen molar-refractivity contribution in [2.24, 2.45) is 0 Å². The van der Waals surface area contributed by atoms with Gasteiger partial charge in [0.15, 0.2) is 17.1 Å². The first-order valence-electron chi connectivity index (χ1n) is 10.4. The van der Waals surface area contributed by atoms with Crippen molar-refractivity contribution in [2.45, 2.75) is 26.8 Å². The second-order valence-corrected chi connectivity index (χ2v) is 8.54. The summed E-state index contributed by atoms with van der Waals surface area (Å²) in [6, 6.07) is 10.8. The molecule has 0 aliphatic rings. The molecule has 174 valence electrons. The fourth-order valence-electron chi connectivity index (χ4n) is 3.93. The number of hydrogen-bond acceptors (Lipinski definition) is 4. The molecular weight excluding hydrogens is 464 g/mol. The third-order valence-corrected chi connectivity index (χ3v) is 5.86. The highest BCUT2D eigenvalue weighted by molar-refractivity contribution is 6.31. The van der Waals surface area contributed by atoms with Crippen LogP contribution in [-0.2, 0) is 0 Å². The number of rotatable bonds is 5. The molecule has 8 heteroatoms. The lowest BCUT2D eigenvalue weighted by atomic mass is 9.98. The van der Waals surface area contributed by atoms with E-state index in [9.17, 15) is 23.5 Å². The fourth-order valence-corrected chi connectivity index (χ4v) is 4.10. The van der Waals surface area contributed by atoms with E-state index in [4.69, 9.17) is 16.0 Å². The Hall–Kier alpha value is -3.71. The maximum atomic E-state index is 13.9. The van der Waals surface area contributed by atoms with Gasteiger partial charge in [0.25, 0.3) is 0 Å². The third-order valence-electron chi connectivity index (χ3n) is 5.62. The topological polar surface area (TPSA) is 79.5 Å². The maximum Gasteiger partial charge on any atom is 0.337 e. The van der Waals surface area contributed by atoms with Gasteiger partial charge in [0.2, 0.25) is 0 Å². The van der Waals surface area contributed by atoms with Gasteiger partial charge in [-0.1, -0.05) is 17.7 Å². The molecule has 1 atom stereocenters. The summed E-state index contributed by atoms with van der Waals surface area (Å²) in [5.41, 5.74) is 2.21. The number of aryl methyl sites for hydroxylation is 1. The van der Waals surface area contributed by atoms with E-state index in [1.165, 1.54) is 12.1 Å². The Morgan fingerprint density at radius 3 is 2.47 bits per heavy atom. The smallest absolute Gasteiger partial charge is 0.337 e. The van der Waals surface area contributed by atoms with Gasteiger partial charge >= 0.3 is 5.97 Å². The monoisotopic (exact) mass is 483 g/mol. The molecule has 0 saturated carbocycles. The molecule has 0 amide bonds. The molecule has 0 saturated heterocycles. The summed E-state index contributed by atoms with van der Waals surface area (Å²) in [6.07, 6.45) is 0. The average molecular weight is 484 g/mol. The number of benzene rings is 3. The molecule has 0 radical (unpaired) electrons. The summed E-state index contributed by atoms with van der Waals surface area (Å²) in [5, 5.41) is 13.3. The zero-order valence-corrected chi connectivity index (χ0v) is 19.3. The number of fused-ring (bicyclic) bond motifs is 1. The predicted octanol–water partition coefficient (Wildman–Crippen LogP) is 6.88. The SMILES string of the molecule is Cc1cc([C@@H](C)Nc2ccc(Cl)cc2C(=O)O)c2oc(-c3ccc(F)c(F)c3)c(C)c(=O)c2c1. The molecule has 0 fully saturated rings. The van der Waals surface area contributed by atoms with E-state index in [1.807, 2.05) is 13.0 Å². The van der Waals surface area contributed by atoms with Crippen LogP contribution in [0.15, 0.2) is 57.7 Å². The molecule has 0 spiro atoms. The zero-order valence-electron chi connectivity index (χ0n) is 18.5. The highest BCUT2D eigenvalue weighted by Gasteiger charge is 2.21. The summed E-state index contributed by atoms with van der Waals surface area (Å²) >= 11 is 5.95. The molecule has 1 heterocycles. The summed E-state index contributed by atoms with van der Waals surface area (Å²) in [4.78, 5) is 24.9. The molecule has 34 heavy (non-hydrogen) atoms. The van der Waals surface area contributed by atoms with Crippen molar-refractivity contribution in [3.05, 3.63) is 97.7 Å². The van der Waals surface area contributed by atoms with Crippen LogP contribution < -0.4 is 10.7 Å². The van der Waals surface area contributed by atoms with Crippen molar-refractivity contribution >= 4 is 34.2 Å². The van der Waals surface area contributed by atoms with Crippen molar-refractivity contribution < 1.29 is 23.1 Å². The number of halogens is 3. The Kier molecular flexibility index (Phi) is 6.15. The molecular formula is C26H20ClF2NO4. The van der Waals surface area contributed by atoms with Crippen LogP contribution >= 0.6 is 11.6 Å². The third kappa shape index (κ3) is 4.26. The quantitative estimate of drug-likeness (QED) is 0.323. The van der Waals surface area contributed by atoms with Crippen LogP contribution in [-0.4, -0.2) is 11.1 Å². The van der Waals surface area contributed by atoms with Crippen molar-refractivity contribution in [2.75, 3.05) is 5.32 Å². The number of anilines is 1. The highest BCUT2D eigenvalue weighted by Crippen LogP contribution is 2.33. The van der Waals surface area contributed by atoms with Gasteiger partial charge in [0, 0.05) is 27.4 Å². The minimum atomic E-state index is -1.14. The van der Waals surface area contributed by atoms with E-state index in [2.05, 4.69) is 5.32 Å². The van der Waals surface area contributed by atoms with E-state index < -0.39 is 23.6 Å². The van der Waals surface area contributed by atoms with Crippen molar-refractivity contribution in [1.82, 2.24) is 0 Å². The van der Waals surface area contributed by atoms with Gasteiger partial charge in [-0.15, -0.1) is 0 Å². The van der Waals surface area contributed by atoms with Gasteiger partial charge in [0.1, 0.15) is 11.3 Å². The van der Waals surface area contributed by atoms with Crippen LogP contribution in [0.25, 0.3) is 22.3 Å². The summed E-state index contributed by atoms with van der Waals surface area (Å²) < 4.78 is 33.5. The van der Waals surface area contributed by atoms with Gasteiger partial charge in [-0.2, -0.15) is 0 Å². The standard InChI is InChI=1S/C26H20ClF2NO4/c1-12-8-17(14(3)30-22-7-5-16(27)11-18(22)26(32)33)25-19(9-12)23(31)13(2)24(34-25)15-4-6-20(28)21(29)10-15/h4-11,14,30H,1-3H3,(H,32,33)/t14-/m1/s1. The van der Waals surface area contributed by atoms with Gasteiger partial charge < -0.3 is 14.8 Å². The van der Waals surface area contributed by atoms with Gasteiger partial charge in [-0.3, -0.25) is 4.79 Å². The number of nitrogens with one attached hydrogen (secondary N) is 1. The maximum absolute atomic E-state index is 13.9. The minimum Gasteiger partial charge on any atom is -0.478 e. The number of carbonyl (C=O) groups is 1. The predicted molar refractivity (Wildman–Crippen MR) is 128 cm³/mol. The van der Waals surface area contributed by atoms with Crippen molar-refractivity contribution in [1.29, 1.82) is 0 Å². The van der Waals surface area contributed by atoms with Gasteiger partial charge in [-0.05, 0) is 68.8 Å². The number of carboxylic acids is 1. The Bertz CT molecular complexity index is 1510. The summed E-state index contributed by atoms with van der Waals surface area (Å²) in [5.74, 6) is -3.07. The molecule has 1 aromatic heterocycles.